The van der Waals surface area contributed by atoms with Gasteiger partial charge in [0, 0.05) is 17.7 Å². The van der Waals surface area contributed by atoms with E-state index in [1.165, 1.54) is 0 Å². The van der Waals surface area contributed by atoms with Gasteiger partial charge < -0.3 is 5.32 Å². The van der Waals surface area contributed by atoms with Crippen LogP contribution >= 0.6 is 11.8 Å². The SMILES string of the molecule is CCNCC(CC)(CCSC(F)(F)F)c1ccccc1. The quantitative estimate of drug-likeness (QED) is 0.754. The summed E-state index contributed by atoms with van der Waals surface area (Å²) in [5.74, 6) is 0.0949. The Balaban J connectivity index is 2.83. The monoisotopic (exact) mass is 305 g/mol. The molecule has 0 aliphatic carbocycles. The zero-order valence-electron chi connectivity index (χ0n) is 12.0. The summed E-state index contributed by atoms with van der Waals surface area (Å²) in [6, 6.07) is 9.85. The van der Waals surface area contributed by atoms with Gasteiger partial charge in [0.05, 0.1) is 0 Å². The van der Waals surface area contributed by atoms with Gasteiger partial charge in [-0.05, 0) is 24.9 Å². The van der Waals surface area contributed by atoms with Crippen LogP contribution in [-0.4, -0.2) is 24.4 Å². The minimum absolute atomic E-state index is 0.0762. The third-order valence-corrected chi connectivity index (χ3v) is 4.36. The molecule has 0 saturated heterocycles. The lowest BCUT2D eigenvalue weighted by Crippen LogP contribution is -2.38. The second-order valence-electron chi connectivity index (χ2n) is 4.82. The molecule has 1 nitrogen and oxygen atoms in total. The predicted molar refractivity (Wildman–Crippen MR) is 80.1 cm³/mol. The Hall–Kier alpha value is -0.680. The summed E-state index contributed by atoms with van der Waals surface area (Å²) in [4.78, 5) is 0. The van der Waals surface area contributed by atoms with Crippen molar-refractivity contribution in [2.45, 2.75) is 37.6 Å². The highest BCUT2D eigenvalue weighted by molar-refractivity contribution is 8.00. The number of hydrogen-bond donors (Lipinski definition) is 1. The fraction of sp³-hybridized carbons (Fsp3) is 0.600. The zero-order chi connectivity index (χ0) is 15.1. The van der Waals surface area contributed by atoms with Crippen LogP contribution in [0.25, 0.3) is 0 Å². The first kappa shape index (κ1) is 17.4. The molecule has 5 heteroatoms. The Morgan fingerprint density at radius 2 is 1.75 bits per heavy atom. The van der Waals surface area contributed by atoms with Crippen molar-refractivity contribution in [2.24, 2.45) is 0 Å². The van der Waals surface area contributed by atoms with Crippen molar-refractivity contribution in [3.8, 4) is 0 Å². The molecule has 0 aliphatic rings. The maximum atomic E-state index is 12.3. The van der Waals surface area contributed by atoms with Crippen molar-refractivity contribution < 1.29 is 13.2 Å². The highest BCUT2D eigenvalue weighted by Gasteiger charge is 2.33. The molecule has 0 fully saturated rings. The smallest absolute Gasteiger partial charge is 0.316 e. The molecule has 0 spiro atoms. The minimum Gasteiger partial charge on any atom is -0.316 e. The van der Waals surface area contributed by atoms with Crippen molar-refractivity contribution >= 4 is 11.8 Å². The van der Waals surface area contributed by atoms with E-state index in [0.717, 1.165) is 18.5 Å². The second-order valence-corrected chi connectivity index (χ2v) is 5.98. The van der Waals surface area contributed by atoms with Crippen LogP contribution in [0.15, 0.2) is 30.3 Å². The molecule has 1 N–H and O–H groups in total. The van der Waals surface area contributed by atoms with Crippen LogP contribution in [0.4, 0.5) is 13.2 Å². The van der Waals surface area contributed by atoms with E-state index in [2.05, 4.69) is 5.32 Å². The van der Waals surface area contributed by atoms with E-state index in [1.807, 2.05) is 44.2 Å². The highest BCUT2D eigenvalue weighted by Crippen LogP contribution is 2.37. The lowest BCUT2D eigenvalue weighted by Gasteiger charge is -2.34. The van der Waals surface area contributed by atoms with Crippen LogP contribution in [0.1, 0.15) is 32.3 Å². The standard InChI is InChI=1S/C15H22F3NS/c1-3-14(12-19-4-2,10-11-20-15(16,17)18)13-8-6-5-7-9-13/h5-9,19H,3-4,10-12H2,1-2H3. The number of rotatable bonds is 8. The number of halogens is 3. The molecule has 1 aromatic carbocycles. The van der Waals surface area contributed by atoms with E-state index in [4.69, 9.17) is 0 Å². The van der Waals surface area contributed by atoms with Crippen LogP contribution in [0.2, 0.25) is 0 Å². The number of alkyl halides is 3. The van der Waals surface area contributed by atoms with Crippen molar-refractivity contribution in [3.63, 3.8) is 0 Å². The van der Waals surface area contributed by atoms with E-state index in [-0.39, 0.29) is 22.9 Å². The van der Waals surface area contributed by atoms with Gasteiger partial charge in [-0.25, -0.2) is 0 Å². The summed E-state index contributed by atoms with van der Waals surface area (Å²) in [6.45, 7) is 5.59. The van der Waals surface area contributed by atoms with Gasteiger partial charge in [0.1, 0.15) is 0 Å². The molecule has 1 atom stereocenters. The Morgan fingerprint density at radius 1 is 1.10 bits per heavy atom. The van der Waals surface area contributed by atoms with E-state index in [9.17, 15) is 13.2 Å². The molecule has 0 saturated carbocycles. The van der Waals surface area contributed by atoms with Gasteiger partial charge in [0.25, 0.3) is 0 Å². The molecular formula is C15H22F3NS. The molecular weight excluding hydrogens is 283 g/mol. The molecule has 0 aromatic heterocycles. The van der Waals surface area contributed by atoms with Crippen molar-refractivity contribution in [2.75, 3.05) is 18.8 Å². The second kappa shape index (κ2) is 7.93. The lowest BCUT2D eigenvalue weighted by atomic mass is 9.75. The summed E-state index contributed by atoms with van der Waals surface area (Å²) < 4.78 is 37.0. The molecule has 0 radical (unpaired) electrons. The number of nitrogens with one attached hydrogen (secondary N) is 1. The minimum atomic E-state index is -4.14. The average Bonchev–Trinajstić information content (AvgIpc) is 2.42. The van der Waals surface area contributed by atoms with Crippen molar-refractivity contribution in [3.05, 3.63) is 35.9 Å². The van der Waals surface area contributed by atoms with Gasteiger partial charge in [-0.15, -0.1) is 0 Å². The van der Waals surface area contributed by atoms with Gasteiger partial charge in [-0.2, -0.15) is 13.2 Å². The number of thioether (sulfide) groups is 1. The molecule has 0 amide bonds. The van der Waals surface area contributed by atoms with Crippen LogP contribution in [0.3, 0.4) is 0 Å². The molecule has 1 unspecified atom stereocenters. The highest BCUT2D eigenvalue weighted by atomic mass is 32.2. The van der Waals surface area contributed by atoms with E-state index < -0.39 is 5.51 Å². The van der Waals surface area contributed by atoms with Gasteiger partial charge >= 0.3 is 5.51 Å². The van der Waals surface area contributed by atoms with Gasteiger partial charge in [-0.3, -0.25) is 0 Å². The van der Waals surface area contributed by atoms with E-state index >= 15 is 0 Å². The Labute approximate surface area is 123 Å². The number of likely N-dealkylation sites (N-methyl/N-ethyl adjacent to an activating group) is 1. The summed E-state index contributed by atoms with van der Waals surface area (Å²) in [5.41, 5.74) is -3.25. The summed E-state index contributed by atoms with van der Waals surface area (Å²) in [5, 5.41) is 3.30. The van der Waals surface area contributed by atoms with Gasteiger partial charge in [0.15, 0.2) is 0 Å². The fourth-order valence-electron chi connectivity index (χ4n) is 2.36. The number of hydrogen-bond acceptors (Lipinski definition) is 2. The summed E-state index contributed by atoms with van der Waals surface area (Å²) in [7, 11) is 0. The average molecular weight is 305 g/mol. The molecule has 0 heterocycles. The van der Waals surface area contributed by atoms with Crippen molar-refractivity contribution in [1.82, 2.24) is 5.32 Å². The third kappa shape index (κ3) is 5.37. The first-order chi connectivity index (χ1) is 9.43. The topological polar surface area (TPSA) is 12.0 Å². The van der Waals surface area contributed by atoms with E-state index in [1.54, 1.807) is 0 Å². The maximum absolute atomic E-state index is 12.3. The van der Waals surface area contributed by atoms with E-state index in [0.29, 0.717) is 13.0 Å². The normalized spacial score (nSPS) is 15.1. The Morgan fingerprint density at radius 3 is 2.25 bits per heavy atom. The van der Waals surface area contributed by atoms with Gasteiger partial charge in [0.2, 0.25) is 0 Å². The van der Waals surface area contributed by atoms with Gasteiger partial charge in [-0.1, -0.05) is 55.9 Å². The molecule has 1 rings (SSSR count). The zero-order valence-corrected chi connectivity index (χ0v) is 12.8. The number of benzene rings is 1. The maximum Gasteiger partial charge on any atom is 0.441 e. The lowest BCUT2D eigenvalue weighted by molar-refractivity contribution is -0.0328. The Kier molecular flexibility index (Phi) is 6.89. The fourth-order valence-corrected chi connectivity index (χ4v) is 3.08. The molecule has 0 aliphatic heterocycles. The van der Waals surface area contributed by atoms with Crippen molar-refractivity contribution in [1.29, 1.82) is 0 Å². The molecule has 1 aromatic rings. The summed E-state index contributed by atoms with van der Waals surface area (Å²) in [6.07, 6.45) is 1.34. The summed E-state index contributed by atoms with van der Waals surface area (Å²) >= 11 is 0.0762. The molecule has 114 valence electrons. The largest absolute Gasteiger partial charge is 0.441 e. The first-order valence-corrected chi connectivity index (χ1v) is 7.89. The van der Waals surface area contributed by atoms with Crippen LogP contribution in [0, 0.1) is 0 Å². The Bertz CT molecular complexity index is 380. The predicted octanol–water partition coefficient (Wildman–Crippen LogP) is 4.59. The van der Waals surface area contributed by atoms with Crippen LogP contribution in [-0.2, 0) is 5.41 Å². The third-order valence-electron chi connectivity index (χ3n) is 3.62. The first-order valence-electron chi connectivity index (χ1n) is 6.90. The van der Waals surface area contributed by atoms with Crippen LogP contribution < -0.4 is 5.32 Å². The van der Waals surface area contributed by atoms with Crippen LogP contribution in [0.5, 0.6) is 0 Å². The molecule has 0 bridgehead atoms. The molecule has 20 heavy (non-hydrogen) atoms.